The van der Waals surface area contributed by atoms with Crippen molar-refractivity contribution in [1.29, 1.82) is 0 Å². The van der Waals surface area contributed by atoms with Gasteiger partial charge in [-0.2, -0.15) is 13.2 Å². The molecule has 0 fully saturated rings. The third-order valence-corrected chi connectivity index (χ3v) is 5.56. The van der Waals surface area contributed by atoms with Crippen LogP contribution in [0.3, 0.4) is 0 Å². The fourth-order valence-electron chi connectivity index (χ4n) is 3.85. The minimum Gasteiger partial charge on any atom is -0.488 e. The zero-order chi connectivity index (χ0) is 25.2. The van der Waals surface area contributed by atoms with Crippen LogP contribution in [0.5, 0.6) is 5.75 Å². The summed E-state index contributed by atoms with van der Waals surface area (Å²) in [7, 11) is 0. The smallest absolute Gasteiger partial charge is 0.421 e. The average Bonchev–Trinajstić information content (AvgIpc) is 3.19. The van der Waals surface area contributed by atoms with Crippen molar-refractivity contribution in [3.05, 3.63) is 89.2 Å². The van der Waals surface area contributed by atoms with Gasteiger partial charge in [0.25, 0.3) is 0 Å². The van der Waals surface area contributed by atoms with Crippen LogP contribution in [-0.4, -0.2) is 22.4 Å². The van der Waals surface area contributed by atoms with Crippen LogP contribution in [0.25, 0.3) is 22.1 Å². The summed E-state index contributed by atoms with van der Waals surface area (Å²) >= 11 is 0. The number of ether oxygens (including phenoxy) is 1. The highest BCUT2D eigenvalue weighted by molar-refractivity contribution is 5.87. The Morgan fingerprint density at radius 1 is 1.03 bits per heavy atom. The molecule has 0 aliphatic heterocycles. The Hall–Kier alpha value is -3.82. The number of nitrogens with two attached hydrogens (primary N) is 1. The van der Waals surface area contributed by atoms with Crippen LogP contribution in [-0.2, 0) is 24.4 Å². The number of fused-ring (bicyclic) bond motifs is 1. The number of alkyl halides is 3. The highest BCUT2D eigenvalue weighted by Gasteiger charge is 2.43. The predicted octanol–water partition coefficient (Wildman–Crippen LogP) is 5.36. The van der Waals surface area contributed by atoms with Crippen molar-refractivity contribution in [1.82, 2.24) is 0 Å². The molecule has 6 nitrogen and oxygen atoms in total. The van der Waals surface area contributed by atoms with Gasteiger partial charge in [-0.25, -0.2) is 0 Å². The fourth-order valence-corrected chi connectivity index (χ4v) is 3.85. The quantitative estimate of drug-likeness (QED) is 0.310. The van der Waals surface area contributed by atoms with E-state index >= 15 is 0 Å². The molecule has 4 N–H and O–H groups in total. The number of aliphatic hydroxyl groups is 1. The van der Waals surface area contributed by atoms with Crippen LogP contribution in [0.2, 0.25) is 0 Å². The molecule has 1 atom stereocenters. The van der Waals surface area contributed by atoms with Crippen molar-refractivity contribution in [3.8, 4) is 16.9 Å². The molecule has 3 aromatic carbocycles. The van der Waals surface area contributed by atoms with Crippen LogP contribution in [0.1, 0.15) is 28.6 Å². The molecule has 1 unspecified atom stereocenters. The summed E-state index contributed by atoms with van der Waals surface area (Å²) in [5.41, 5.74) is 8.68. The molecule has 0 saturated heterocycles. The van der Waals surface area contributed by atoms with Crippen molar-refractivity contribution in [2.75, 3.05) is 0 Å². The molecule has 0 saturated carbocycles. The zero-order valence-corrected chi connectivity index (χ0v) is 18.4. The number of halogens is 3. The summed E-state index contributed by atoms with van der Waals surface area (Å²) in [4.78, 5) is 11.2. The Bertz CT molecular complexity index is 1360. The van der Waals surface area contributed by atoms with E-state index in [9.17, 15) is 23.1 Å². The summed E-state index contributed by atoms with van der Waals surface area (Å²) in [6.07, 6.45) is -8.13. The van der Waals surface area contributed by atoms with Crippen molar-refractivity contribution < 1.29 is 37.3 Å². The Balaban J connectivity index is 1.79. The molecular formula is C26H22F3NO5. The topological polar surface area (TPSA) is 106 Å². The Morgan fingerprint density at radius 3 is 2.49 bits per heavy atom. The molecule has 1 aromatic heterocycles. The third kappa shape index (κ3) is 5.31. The molecule has 4 aromatic rings. The normalized spacial score (nSPS) is 12.6. The van der Waals surface area contributed by atoms with E-state index in [0.29, 0.717) is 23.1 Å². The van der Waals surface area contributed by atoms with E-state index in [0.717, 1.165) is 11.1 Å². The minimum absolute atomic E-state index is 0.0202. The molecule has 182 valence electrons. The number of hydrogen-bond donors (Lipinski definition) is 3. The van der Waals surface area contributed by atoms with Crippen molar-refractivity contribution >= 4 is 16.9 Å². The number of rotatable bonds is 8. The summed E-state index contributed by atoms with van der Waals surface area (Å²) in [5.74, 6) is -1.54. The van der Waals surface area contributed by atoms with Crippen LogP contribution >= 0.6 is 0 Å². The van der Waals surface area contributed by atoms with Gasteiger partial charge in [0.15, 0.2) is 0 Å². The number of para-hydroxylation sites is 1. The van der Waals surface area contributed by atoms with Crippen LogP contribution in [0.15, 0.2) is 71.1 Å². The zero-order valence-electron chi connectivity index (χ0n) is 18.4. The summed E-state index contributed by atoms with van der Waals surface area (Å²) < 4.78 is 51.4. The first-order valence-electron chi connectivity index (χ1n) is 10.7. The van der Waals surface area contributed by atoms with Gasteiger partial charge in [0.2, 0.25) is 6.10 Å². The van der Waals surface area contributed by atoms with Crippen molar-refractivity contribution in [2.24, 2.45) is 5.73 Å². The number of aliphatic carboxylic acids is 1. The van der Waals surface area contributed by atoms with Gasteiger partial charge in [0.05, 0.1) is 6.42 Å². The first-order chi connectivity index (χ1) is 16.7. The maximum Gasteiger partial charge on any atom is 0.421 e. The first kappa shape index (κ1) is 24.3. The van der Waals surface area contributed by atoms with Gasteiger partial charge in [0.1, 0.15) is 23.7 Å². The number of carboxylic acid groups (broad SMARTS) is 1. The van der Waals surface area contributed by atoms with E-state index in [2.05, 4.69) is 0 Å². The maximum absolute atomic E-state index is 13.4. The van der Waals surface area contributed by atoms with Crippen LogP contribution < -0.4 is 10.5 Å². The molecule has 1 heterocycles. The molecule has 0 amide bonds. The lowest BCUT2D eigenvalue weighted by atomic mass is 10.00. The van der Waals surface area contributed by atoms with E-state index in [1.807, 2.05) is 24.3 Å². The lowest BCUT2D eigenvalue weighted by Gasteiger charge is -2.15. The Kier molecular flexibility index (Phi) is 6.81. The number of hydrogen-bond acceptors (Lipinski definition) is 5. The van der Waals surface area contributed by atoms with E-state index in [1.54, 1.807) is 30.3 Å². The second kappa shape index (κ2) is 9.81. The van der Waals surface area contributed by atoms with E-state index in [-0.39, 0.29) is 29.9 Å². The second-order valence-electron chi connectivity index (χ2n) is 7.97. The number of aliphatic hydroxyl groups excluding tert-OH is 1. The van der Waals surface area contributed by atoms with Gasteiger partial charge in [0, 0.05) is 23.1 Å². The number of carbonyl (C=O) groups is 1. The highest BCUT2D eigenvalue weighted by Crippen LogP contribution is 2.40. The standard InChI is InChI=1S/C26H22F3NO5/c27-26(28,29)25(33)24-20(14-34-21-7-2-1-5-18(21)12-23(31)32)19-11-17(8-9-22(19)35-24)16-6-3-4-15(10-16)13-30/h1-11,25,33H,12-14,30H2,(H,31,32). The molecule has 4 rings (SSSR count). The van der Waals surface area contributed by atoms with E-state index < -0.39 is 24.0 Å². The van der Waals surface area contributed by atoms with Gasteiger partial charge in [-0.05, 0) is 41.0 Å². The molecule has 0 aliphatic rings. The van der Waals surface area contributed by atoms with Crippen molar-refractivity contribution in [2.45, 2.75) is 31.9 Å². The van der Waals surface area contributed by atoms with E-state index in [4.69, 9.17) is 20.0 Å². The number of benzene rings is 3. The highest BCUT2D eigenvalue weighted by atomic mass is 19.4. The molecule has 0 aliphatic carbocycles. The Morgan fingerprint density at radius 2 is 1.77 bits per heavy atom. The van der Waals surface area contributed by atoms with Gasteiger partial charge in [-0.1, -0.05) is 42.5 Å². The fraction of sp³-hybridized carbons (Fsp3) is 0.192. The summed E-state index contributed by atoms with van der Waals surface area (Å²) in [6.45, 7) is -0.0447. The van der Waals surface area contributed by atoms with Crippen LogP contribution in [0.4, 0.5) is 13.2 Å². The monoisotopic (exact) mass is 485 g/mol. The maximum atomic E-state index is 13.4. The van der Waals surface area contributed by atoms with Gasteiger partial charge in [-0.15, -0.1) is 0 Å². The minimum atomic E-state index is -4.96. The largest absolute Gasteiger partial charge is 0.488 e. The molecule has 0 bridgehead atoms. The lowest BCUT2D eigenvalue weighted by molar-refractivity contribution is -0.211. The molecular weight excluding hydrogens is 463 g/mol. The predicted molar refractivity (Wildman–Crippen MR) is 123 cm³/mol. The summed E-state index contributed by atoms with van der Waals surface area (Å²) in [6, 6.07) is 18.7. The van der Waals surface area contributed by atoms with Crippen molar-refractivity contribution in [3.63, 3.8) is 0 Å². The SMILES string of the molecule is NCc1cccc(-c2ccc3oc(C(O)C(F)(F)F)c(COc4ccccc4CC(=O)O)c3c2)c1. The Labute approximate surface area is 198 Å². The second-order valence-corrected chi connectivity index (χ2v) is 7.97. The van der Waals surface area contributed by atoms with Crippen LogP contribution in [0, 0.1) is 0 Å². The number of carboxylic acids is 1. The third-order valence-electron chi connectivity index (χ3n) is 5.56. The lowest BCUT2D eigenvalue weighted by Crippen LogP contribution is -2.21. The number of furan rings is 1. The molecule has 0 radical (unpaired) electrons. The first-order valence-corrected chi connectivity index (χ1v) is 10.7. The molecule has 35 heavy (non-hydrogen) atoms. The molecule has 0 spiro atoms. The van der Waals surface area contributed by atoms with E-state index in [1.165, 1.54) is 12.1 Å². The van der Waals surface area contributed by atoms with Gasteiger partial charge in [-0.3, -0.25) is 4.79 Å². The summed E-state index contributed by atoms with van der Waals surface area (Å²) in [5, 5.41) is 19.5. The average molecular weight is 485 g/mol. The molecule has 9 heteroatoms. The van der Waals surface area contributed by atoms with Gasteiger partial charge < -0.3 is 25.1 Å². The van der Waals surface area contributed by atoms with Gasteiger partial charge >= 0.3 is 12.1 Å².